The smallest absolute Gasteiger partial charge is 0.277 e. The molecule has 0 radical (unpaired) electrons. The molecule has 0 bridgehead atoms. The Labute approximate surface area is 91.4 Å². The van der Waals surface area contributed by atoms with Gasteiger partial charge in [-0.3, -0.25) is 9.89 Å². The lowest BCUT2D eigenvalue weighted by Gasteiger charge is -2.13. The van der Waals surface area contributed by atoms with Crippen LogP contribution in [0.2, 0.25) is 0 Å². The van der Waals surface area contributed by atoms with Gasteiger partial charge in [-0.1, -0.05) is 0 Å². The molecular weight excluding hydrogens is 218 g/mol. The van der Waals surface area contributed by atoms with Crippen LogP contribution < -0.4 is 11.1 Å². The van der Waals surface area contributed by atoms with Gasteiger partial charge in [0.25, 0.3) is 5.92 Å². The summed E-state index contributed by atoms with van der Waals surface area (Å²) in [6.07, 6.45) is -0.0228. The molecule has 7 heteroatoms. The van der Waals surface area contributed by atoms with E-state index >= 15 is 0 Å². The number of hydrogen-bond donors (Lipinski definition) is 3. The van der Waals surface area contributed by atoms with Crippen molar-refractivity contribution in [3.63, 3.8) is 0 Å². The molecule has 4 N–H and O–H groups in total. The predicted molar refractivity (Wildman–Crippen MR) is 54.0 cm³/mol. The van der Waals surface area contributed by atoms with E-state index < -0.39 is 24.9 Å². The first-order chi connectivity index (χ1) is 7.43. The number of nitrogens with zero attached hydrogens (tertiary/aromatic N) is 1. The van der Waals surface area contributed by atoms with E-state index in [0.29, 0.717) is 5.69 Å². The average Bonchev–Trinajstić information content (AvgIpc) is 2.61. The highest BCUT2D eigenvalue weighted by Gasteiger charge is 2.27. The monoisotopic (exact) mass is 232 g/mol. The lowest BCUT2D eigenvalue weighted by atomic mass is 10.2. The Morgan fingerprint density at radius 2 is 2.38 bits per heavy atom. The summed E-state index contributed by atoms with van der Waals surface area (Å²) in [5, 5.41) is 8.59. The maximum absolute atomic E-state index is 12.7. The van der Waals surface area contributed by atoms with Crippen LogP contribution in [-0.2, 0) is 11.2 Å². The standard InChI is InChI=1S/C9H14F2N4O/c1-6-2-7(15-14-6)3-8(16)13-5-9(10,11)4-12/h2H,3-5,12H2,1H3,(H,13,16)(H,14,15). The minimum atomic E-state index is -3.06. The molecule has 0 spiro atoms. The number of halogens is 2. The molecule has 1 rings (SSSR count). The second-order valence-corrected chi connectivity index (χ2v) is 3.56. The number of alkyl halides is 2. The van der Waals surface area contributed by atoms with Crippen LogP contribution >= 0.6 is 0 Å². The Kier molecular flexibility index (Phi) is 3.94. The average molecular weight is 232 g/mol. The normalized spacial score (nSPS) is 11.5. The van der Waals surface area contributed by atoms with E-state index in [0.717, 1.165) is 5.69 Å². The zero-order valence-electron chi connectivity index (χ0n) is 8.89. The zero-order valence-corrected chi connectivity index (χ0v) is 8.89. The third kappa shape index (κ3) is 3.93. The SMILES string of the molecule is Cc1cc(CC(=O)NCC(F)(F)CN)n[nH]1. The highest BCUT2D eigenvalue weighted by Crippen LogP contribution is 2.08. The van der Waals surface area contributed by atoms with Crippen molar-refractivity contribution in [2.45, 2.75) is 19.3 Å². The van der Waals surface area contributed by atoms with Gasteiger partial charge in [-0.15, -0.1) is 0 Å². The fourth-order valence-electron chi connectivity index (χ4n) is 1.09. The number of carbonyl (C=O) groups is 1. The molecule has 0 aliphatic heterocycles. The summed E-state index contributed by atoms with van der Waals surface area (Å²) in [6.45, 7) is 0.261. The van der Waals surface area contributed by atoms with Gasteiger partial charge >= 0.3 is 0 Å². The van der Waals surface area contributed by atoms with Gasteiger partial charge in [-0.05, 0) is 13.0 Å². The quantitative estimate of drug-likeness (QED) is 0.666. The molecule has 1 heterocycles. The van der Waals surface area contributed by atoms with Crippen LogP contribution in [0.25, 0.3) is 0 Å². The second kappa shape index (κ2) is 5.02. The summed E-state index contributed by atoms with van der Waals surface area (Å²) in [4.78, 5) is 11.2. The molecule has 90 valence electrons. The molecule has 1 aromatic rings. The minimum Gasteiger partial charge on any atom is -0.350 e. The first kappa shape index (κ1) is 12.6. The van der Waals surface area contributed by atoms with Crippen LogP contribution in [0.15, 0.2) is 6.07 Å². The van der Waals surface area contributed by atoms with Crippen molar-refractivity contribution in [2.24, 2.45) is 5.73 Å². The number of hydrogen-bond acceptors (Lipinski definition) is 3. The van der Waals surface area contributed by atoms with Crippen LogP contribution in [-0.4, -0.2) is 35.1 Å². The predicted octanol–water partition coefficient (Wildman–Crippen LogP) is -0.0292. The van der Waals surface area contributed by atoms with Crippen molar-refractivity contribution in [1.82, 2.24) is 15.5 Å². The van der Waals surface area contributed by atoms with Crippen LogP contribution in [0.1, 0.15) is 11.4 Å². The topological polar surface area (TPSA) is 83.8 Å². The number of rotatable bonds is 5. The van der Waals surface area contributed by atoms with Crippen LogP contribution in [0.3, 0.4) is 0 Å². The minimum absolute atomic E-state index is 0.0228. The van der Waals surface area contributed by atoms with Crippen molar-refractivity contribution >= 4 is 5.91 Å². The maximum atomic E-state index is 12.7. The highest BCUT2D eigenvalue weighted by atomic mass is 19.3. The fourth-order valence-corrected chi connectivity index (χ4v) is 1.09. The van der Waals surface area contributed by atoms with Gasteiger partial charge in [-0.25, -0.2) is 8.78 Å². The van der Waals surface area contributed by atoms with Gasteiger partial charge in [0, 0.05) is 5.69 Å². The van der Waals surface area contributed by atoms with Gasteiger partial charge in [-0.2, -0.15) is 5.10 Å². The molecule has 1 amide bonds. The highest BCUT2D eigenvalue weighted by molar-refractivity contribution is 5.78. The Balaban J connectivity index is 2.37. The lowest BCUT2D eigenvalue weighted by molar-refractivity contribution is -0.122. The first-order valence-corrected chi connectivity index (χ1v) is 4.78. The Morgan fingerprint density at radius 1 is 1.69 bits per heavy atom. The van der Waals surface area contributed by atoms with Crippen molar-refractivity contribution < 1.29 is 13.6 Å². The molecule has 0 aliphatic carbocycles. The summed E-state index contributed by atoms with van der Waals surface area (Å²) < 4.78 is 25.4. The van der Waals surface area contributed by atoms with Gasteiger partial charge < -0.3 is 11.1 Å². The number of amides is 1. The molecule has 0 atom stereocenters. The number of carbonyl (C=O) groups excluding carboxylic acids is 1. The third-order valence-electron chi connectivity index (χ3n) is 1.94. The molecule has 0 saturated carbocycles. The summed E-state index contributed by atoms with van der Waals surface area (Å²) in [7, 11) is 0. The second-order valence-electron chi connectivity index (χ2n) is 3.56. The van der Waals surface area contributed by atoms with Gasteiger partial charge in [0.2, 0.25) is 5.91 Å². The molecule has 0 saturated heterocycles. The van der Waals surface area contributed by atoms with Crippen molar-refractivity contribution in [3.8, 4) is 0 Å². The Bertz CT molecular complexity index is 364. The number of nitrogens with two attached hydrogens (primary N) is 1. The van der Waals surface area contributed by atoms with E-state index in [4.69, 9.17) is 5.73 Å². The van der Waals surface area contributed by atoms with E-state index in [1.807, 2.05) is 0 Å². The van der Waals surface area contributed by atoms with Gasteiger partial charge in [0.1, 0.15) is 0 Å². The largest absolute Gasteiger partial charge is 0.350 e. The molecule has 1 aromatic heterocycles. The summed E-state index contributed by atoms with van der Waals surface area (Å²) >= 11 is 0. The first-order valence-electron chi connectivity index (χ1n) is 4.78. The molecule has 16 heavy (non-hydrogen) atoms. The summed E-state index contributed by atoms with van der Waals surface area (Å²) in [6, 6.07) is 1.68. The molecule has 0 aliphatic rings. The van der Waals surface area contributed by atoms with E-state index in [2.05, 4.69) is 15.5 Å². The Hall–Kier alpha value is -1.50. The molecule has 0 fully saturated rings. The van der Waals surface area contributed by atoms with Crippen molar-refractivity contribution in [2.75, 3.05) is 13.1 Å². The van der Waals surface area contributed by atoms with E-state index in [1.54, 1.807) is 13.0 Å². The number of aryl methyl sites for hydroxylation is 1. The van der Waals surface area contributed by atoms with Crippen LogP contribution in [0.5, 0.6) is 0 Å². The van der Waals surface area contributed by atoms with Crippen LogP contribution in [0, 0.1) is 6.92 Å². The molecule has 0 aromatic carbocycles. The van der Waals surface area contributed by atoms with E-state index in [-0.39, 0.29) is 6.42 Å². The maximum Gasteiger partial charge on any atom is 0.277 e. The van der Waals surface area contributed by atoms with Gasteiger partial charge in [0.15, 0.2) is 0 Å². The molecule has 0 unspecified atom stereocenters. The summed E-state index contributed by atoms with van der Waals surface area (Å²) in [5.74, 6) is -3.56. The lowest BCUT2D eigenvalue weighted by Crippen LogP contribution is -2.42. The van der Waals surface area contributed by atoms with Gasteiger partial charge in [0.05, 0.1) is 25.2 Å². The number of aromatic amines is 1. The van der Waals surface area contributed by atoms with E-state index in [9.17, 15) is 13.6 Å². The number of aromatic nitrogens is 2. The van der Waals surface area contributed by atoms with E-state index in [1.165, 1.54) is 0 Å². The van der Waals surface area contributed by atoms with Crippen molar-refractivity contribution in [1.29, 1.82) is 0 Å². The van der Waals surface area contributed by atoms with Crippen LogP contribution in [0.4, 0.5) is 8.78 Å². The molecular formula is C9H14F2N4O. The Morgan fingerprint density at radius 3 is 2.88 bits per heavy atom. The fraction of sp³-hybridized carbons (Fsp3) is 0.556. The number of H-pyrrole nitrogens is 1. The zero-order chi connectivity index (χ0) is 12.2. The third-order valence-corrected chi connectivity index (χ3v) is 1.94. The van der Waals surface area contributed by atoms with Crippen molar-refractivity contribution in [3.05, 3.63) is 17.5 Å². The number of nitrogens with one attached hydrogen (secondary N) is 2. The molecule has 5 nitrogen and oxygen atoms in total. The summed E-state index contributed by atoms with van der Waals surface area (Å²) in [5.41, 5.74) is 6.16.